The monoisotopic (exact) mass is 523 g/mol. The fraction of sp³-hybridized carbons (Fsp3) is 0.483. The van der Waals surface area contributed by atoms with Gasteiger partial charge in [-0.3, -0.25) is 4.79 Å². The Kier molecular flexibility index (Phi) is 7.81. The zero-order valence-electron chi connectivity index (χ0n) is 21.5. The highest BCUT2D eigenvalue weighted by molar-refractivity contribution is 7.90. The van der Waals surface area contributed by atoms with Crippen LogP contribution in [0.4, 0.5) is 0 Å². The third-order valence-electron chi connectivity index (χ3n) is 8.15. The van der Waals surface area contributed by atoms with Gasteiger partial charge in [0.1, 0.15) is 6.04 Å². The molecule has 1 aliphatic carbocycles. The van der Waals surface area contributed by atoms with Crippen molar-refractivity contribution in [1.29, 1.82) is 0 Å². The zero-order valence-corrected chi connectivity index (χ0v) is 22.3. The highest BCUT2D eigenvalue weighted by Gasteiger charge is 2.41. The number of allylic oxidation sites excluding steroid dienone is 1. The van der Waals surface area contributed by atoms with E-state index in [2.05, 4.69) is 46.0 Å². The van der Waals surface area contributed by atoms with Crippen LogP contribution in [0.1, 0.15) is 42.4 Å². The number of nitrogens with one attached hydrogen (secondary N) is 1. The van der Waals surface area contributed by atoms with E-state index < -0.39 is 21.3 Å². The van der Waals surface area contributed by atoms with Gasteiger partial charge in [0.05, 0.1) is 18.5 Å². The third kappa shape index (κ3) is 5.82. The van der Waals surface area contributed by atoms with Gasteiger partial charge in [-0.05, 0) is 62.5 Å². The summed E-state index contributed by atoms with van der Waals surface area (Å²) in [5.41, 5.74) is 3.52. The molecule has 8 heteroatoms. The summed E-state index contributed by atoms with van der Waals surface area (Å²) in [6.07, 6.45) is 7.24. The van der Waals surface area contributed by atoms with Gasteiger partial charge in [0.25, 0.3) is 0 Å². The summed E-state index contributed by atoms with van der Waals surface area (Å²) in [6, 6.07) is 17.2. The minimum absolute atomic E-state index is 0.00393. The predicted octanol–water partition coefficient (Wildman–Crippen LogP) is 3.17. The maximum Gasteiger partial charge on any atom is 0.243 e. The quantitative estimate of drug-likeness (QED) is 0.575. The molecular formula is C29H37N3O4S. The Morgan fingerprint density at radius 2 is 1.70 bits per heavy atom. The van der Waals surface area contributed by atoms with Crippen molar-refractivity contribution < 1.29 is 17.9 Å². The van der Waals surface area contributed by atoms with E-state index in [0.717, 1.165) is 31.5 Å². The molecule has 1 unspecified atom stereocenters. The highest BCUT2D eigenvalue weighted by Crippen LogP contribution is 2.43. The van der Waals surface area contributed by atoms with Crippen molar-refractivity contribution in [2.24, 2.45) is 0 Å². The van der Waals surface area contributed by atoms with Crippen LogP contribution in [0.25, 0.3) is 6.08 Å². The van der Waals surface area contributed by atoms with E-state index in [1.165, 1.54) is 11.1 Å². The number of sulfonamides is 1. The number of benzene rings is 2. The third-order valence-corrected chi connectivity index (χ3v) is 10.1. The van der Waals surface area contributed by atoms with Crippen LogP contribution in [0.2, 0.25) is 0 Å². The molecule has 198 valence electrons. The second kappa shape index (κ2) is 11.1. The van der Waals surface area contributed by atoms with Gasteiger partial charge in [0.15, 0.2) is 0 Å². The minimum Gasteiger partial charge on any atom is -0.375 e. The van der Waals surface area contributed by atoms with E-state index >= 15 is 0 Å². The Balaban J connectivity index is 1.26. The molecule has 0 saturated carbocycles. The fourth-order valence-electron chi connectivity index (χ4n) is 5.83. The van der Waals surface area contributed by atoms with Crippen molar-refractivity contribution in [3.05, 3.63) is 77.4 Å². The molecule has 2 heterocycles. The molecule has 1 atom stereocenters. The molecule has 1 N–H and O–H groups in total. The Hall–Kier alpha value is -2.52. The van der Waals surface area contributed by atoms with E-state index in [1.54, 1.807) is 0 Å². The molecule has 2 aliphatic heterocycles. The SMILES string of the molecule is CN1CCC(S(=O)(=O)NC(COCc2ccccc2)C(=O)N2CCC3(C=Cc4ccccc43)CC2)CC1. The molecule has 37 heavy (non-hydrogen) atoms. The Morgan fingerprint density at radius 1 is 1.03 bits per heavy atom. The van der Waals surface area contributed by atoms with Gasteiger partial charge in [-0.25, -0.2) is 13.1 Å². The maximum atomic E-state index is 13.7. The van der Waals surface area contributed by atoms with E-state index in [1.807, 2.05) is 42.3 Å². The lowest BCUT2D eigenvalue weighted by atomic mass is 9.74. The van der Waals surface area contributed by atoms with Crippen LogP contribution in [0.5, 0.6) is 0 Å². The van der Waals surface area contributed by atoms with Gasteiger partial charge in [-0.2, -0.15) is 0 Å². The first-order valence-electron chi connectivity index (χ1n) is 13.3. The van der Waals surface area contributed by atoms with E-state index in [9.17, 15) is 13.2 Å². The molecule has 1 amide bonds. The number of rotatable bonds is 8. The van der Waals surface area contributed by atoms with Gasteiger partial charge in [-0.15, -0.1) is 0 Å². The summed E-state index contributed by atoms with van der Waals surface area (Å²) in [7, 11) is -1.66. The lowest BCUT2D eigenvalue weighted by molar-refractivity contribution is -0.136. The topological polar surface area (TPSA) is 79.0 Å². The molecule has 1 spiro atoms. The number of nitrogens with zero attached hydrogens (tertiary/aromatic N) is 2. The second-order valence-corrected chi connectivity index (χ2v) is 12.6. The largest absolute Gasteiger partial charge is 0.375 e. The Morgan fingerprint density at radius 3 is 2.43 bits per heavy atom. The van der Waals surface area contributed by atoms with E-state index in [0.29, 0.717) is 32.5 Å². The minimum atomic E-state index is -3.66. The molecular weight excluding hydrogens is 486 g/mol. The van der Waals surface area contributed by atoms with Crippen molar-refractivity contribution in [3.63, 3.8) is 0 Å². The van der Waals surface area contributed by atoms with Crippen LogP contribution < -0.4 is 4.72 Å². The van der Waals surface area contributed by atoms with E-state index in [4.69, 9.17) is 4.74 Å². The maximum absolute atomic E-state index is 13.7. The normalized spacial score (nSPS) is 20.7. The first-order valence-corrected chi connectivity index (χ1v) is 14.8. The van der Waals surface area contributed by atoms with E-state index in [-0.39, 0.29) is 17.9 Å². The van der Waals surface area contributed by atoms with Gasteiger partial charge < -0.3 is 14.5 Å². The zero-order chi connectivity index (χ0) is 25.9. The lowest BCUT2D eigenvalue weighted by Crippen LogP contribution is -2.56. The predicted molar refractivity (Wildman–Crippen MR) is 145 cm³/mol. The van der Waals surface area contributed by atoms with Crippen LogP contribution in [0.3, 0.4) is 0 Å². The standard InChI is InChI=1S/C29H37N3O4S/c1-31-17-12-25(13-18-31)37(34,35)30-27(22-36-21-23-7-3-2-4-8-23)28(33)32-19-15-29(16-20-32)14-11-24-9-5-6-10-26(24)29/h2-11,14,25,27,30H,12-13,15-22H2,1H3. The van der Waals surface area contributed by atoms with Gasteiger partial charge in [0, 0.05) is 18.5 Å². The first-order chi connectivity index (χ1) is 17.9. The molecule has 7 nitrogen and oxygen atoms in total. The average molecular weight is 524 g/mol. The molecule has 3 aliphatic rings. The molecule has 2 aromatic carbocycles. The van der Waals surface area contributed by atoms with Gasteiger partial charge in [-0.1, -0.05) is 66.7 Å². The second-order valence-electron chi connectivity index (χ2n) is 10.6. The van der Waals surface area contributed by atoms with Crippen molar-refractivity contribution in [1.82, 2.24) is 14.5 Å². The lowest BCUT2D eigenvalue weighted by Gasteiger charge is -2.40. The summed E-state index contributed by atoms with van der Waals surface area (Å²) in [4.78, 5) is 17.6. The average Bonchev–Trinajstić information content (AvgIpc) is 3.27. The van der Waals surface area contributed by atoms with Crippen molar-refractivity contribution in [2.45, 2.75) is 49.0 Å². The van der Waals surface area contributed by atoms with Crippen molar-refractivity contribution >= 4 is 22.0 Å². The number of hydrogen-bond donors (Lipinski definition) is 1. The van der Waals surface area contributed by atoms with Crippen LogP contribution in [-0.2, 0) is 31.6 Å². The van der Waals surface area contributed by atoms with Gasteiger partial charge in [0.2, 0.25) is 15.9 Å². The summed E-state index contributed by atoms with van der Waals surface area (Å²) >= 11 is 0. The first kappa shape index (κ1) is 26.1. The number of piperidine rings is 2. The number of likely N-dealkylation sites (tertiary alicyclic amines) is 2. The number of carbonyl (C=O) groups is 1. The molecule has 0 bridgehead atoms. The van der Waals surface area contributed by atoms with Crippen LogP contribution in [0.15, 0.2) is 60.7 Å². The number of fused-ring (bicyclic) bond motifs is 2. The molecule has 2 fully saturated rings. The molecule has 2 saturated heterocycles. The molecule has 0 aromatic heterocycles. The van der Waals surface area contributed by atoms with Crippen LogP contribution in [-0.4, -0.2) is 75.3 Å². The number of carbonyl (C=O) groups excluding carboxylic acids is 1. The van der Waals surface area contributed by atoms with Crippen molar-refractivity contribution in [2.75, 3.05) is 39.8 Å². The summed E-state index contributed by atoms with van der Waals surface area (Å²) in [5, 5.41) is -0.488. The fourth-order valence-corrected chi connectivity index (χ4v) is 7.42. The number of ether oxygens (including phenoxy) is 1. The Labute approximate surface area is 220 Å². The summed E-state index contributed by atoms with van der Waals surface area (Å²) in [5.74, 6) is -0.199. The van der Waals surface area contributed by atoms with Crippen LogP contribution in [0, 0.1) is 0 Å². The number of amides is 1. The van der Waals surface area contributed by atoms with Crippen molar-refractivity contribution in [3.8, 4) is 0 Å². The number of hydrogen-bond acceptors (Lipinski definition) is 5. The van der Waals surface area contributed by atoms with Crippen LogP contribution >= 0.6 is 0 Å². The van der Waals surface area contributed by atoms with Gasteiger partial charge >= 0.3 is 0 Å². The summed E-state index contributed by atoms with van der Waals surface area (Å²) < 4.78 is 35.3. The molecule has 5 rings (SSSR count). The molecule has 0 radical (unpaired) electrons. The Bertz CT molecular complexity index is 1210. The highest BCUT2D eigenvalue weighted by atomic mass is 32.2. The summed E-state index contributed by atoms with van der Waals surface area (Å²) in [6.45, 7) is 2.97. The molecule has 2 aromatic rings. The smallest absolute Gasteiger partial charge is 0.243 e.